The molecule has 6 heteroatoms. The van der Waals surface area contributed by atoms with E-state index in [1.807, 2.05) is 7.05 Å². The van der Waals surface area contributed by atoms with Gasteiger partial charge in [-0.2, -0.15) is 0 Å². The van der Waals surface area contributed by atoms with Crippen LogP contribution in [0.15, 0.2) is 22.7 Å². The number of nitrogens with zero attached hydrogens (tertiary/aromatic N) is 1. The van der Waals surface area contributed by atoms with E-state index in [-0.39, 0.29) is 11.8 Å². The van der Waals surface area contributed by atoms with Gasteiger partial charge in [-0.05, 0) is 38.4 Å². The molecule has 0 aliphatic heterocycles. The molecule has 1 aliphatic rings. The number of hydrogen-bond acceptors (Lipinski definition) is 4. The molecule has 0 aromatic heterocycles. The molecule has 1 aromatic carbocycles. The summed E-state index contributed by atoms with van der Waals surface area (Å²) < 4.78 is 6.49. The zero-order valence-electron chi connectivity index (χ0n) is 10.1. The van der Waals surface area contributed by atoms with Crippen molar-refractivity contribution < 1.29 is 9.66 Å². The van der Waals surface area contributed by atoms with E-state index in [0.29, 0.717) is 11.7 Å². The Balaban J connectivity index is 2.01. The maximum atomic E-state index is 10.9. The third-order valence-electron chi connectivity index (χ3n) is 3.10. The number of nitro benzene ring substituents is 1. The highest BCUT2D eigenvalue weighted by Gasteiger charge is 2.31. The lowest BCUT2D eigenvalue weighted by atomic mass is 9.82. The molecule has 2 rings (SSSR count). The maximum absolute atomic E-state index is 10.9. The lowest BCUT2D eigenvalue weighted by molar-refractivity contribution is -0.386. The Morgan fingerprint density at radius 1 is 1.56 bits per heavy atom. The molecule has 1 saturated carbocycles. The summed E-state index contributed by atoms with van der Waals surface area (Å²) in [6, 6.07) is 4.77. The lowest BCUT2D eigenvalue weighted by Crippen LogP contribution is -2.38. The molecule has 0 atom stereocenters. The molecule has 0 spiro atoms. The fourth-order valence-corrected chi connectivity index (χ4v) is 2.48. The molecular weight excluding hydrogens is 300 g/mol. The van der Waals surface area contributed by atoms with E-state index in [0.717, 1.165) is 23.9 Å². The van der Waals surface area contributed by atoms with Crippen molar-refractivity contribution in [1.29, 1.82) is 0 Å². The van der Waals surface area contributed by atoms with E-state index in [1.165, 1.54) is 6.07 Å². The molecule has 0 heterocycles. The SMILES string of the molecule is CNCC1CC(Oc2cc(Br)ccc2[N+](=O)[O-])C1. The second kappa shape index (κ2) is 5.67. The van der Waals surface area contributed by atoms with Crippen LogP contribution in [0.1, 0.15) is 12.8 Å². The highest BCUT2D eigenvalue weighted by Crippen LogP contribution is 2.36. The summed E-state index contributed by atoms with van der Waals surface area (Å²) in [5.41, 5.74) is 0.0234. The summed E-state index contributed by atoms with van der Waals surface area (Å²) in [5, 5.41) is 14.0. The van der Waals surface area contributed by atoms with Crippen LogP contribution < -0.4 is 10.1 Å². The Kier molecular flexibility index (Phi) is 4.19. The minimum atomic E-state index is -0.411. The molecule has 98 valence electrons. The summed E-state index contributed by atoms with van der Waals surface area (Å²) >= 11 is 3.30. The van der Waals surface area contributed by atoms with Crippen LogP contribution in [-0.4, -0.2) is 24.6 Å². The summed E-state index contributed by atoms with van der Waals surface area (Å²) in [5.74, 6) is 0.966. The largest absolute Gasteiger partial charge is 0.483 e. The molecule has 0 radical (unpaired) electrons. The first-order valence-electron chi connectivity index (χ1n) is 5.85. The zero-order chi connectivity index (χ0) is 13.1. The number of nitro groups is 1. The molecule has 5 nitrogen and oxygen atoms in total. The van der Waals surface area contributed by atoms with Gasteiger partial charge in [0, 0.05) is 16.6 Å². The van der Waals surface area contributed by atoms with Crippen molar-refractivity contribution in [3.63, 3.8) is 0 Å². The van der Waals surface area contributed by atoms with Gasteiger partial charge in [0.05, 0.1) is 11.0 Å². The molecule has 1 fully saturated rings. The van der Waals surface area contributed by atoms with Crippen molar-refractivity contribution in [2.45, 2.75) is 18.9 Å². The van der Waals surface area contributed by atoms with Crippen LogP contribution in [0, 0.1) is 16.0 Å². The Labute approximate surface area is 114 Å². The standard InChI is InChI=1S/C12H15BrN2O3/c1-14-7-8-4-10(5-8)18-12-6-9(13)2-3-11(12)15(16)17/h2-3,6,8,10,14H,4-5,7H2,1H3. The van der Waals surface area contributed by atoms with Gasteiger partial charge in [-0.1, -0.05) is 15.9 Å². The van der Waals surface area contributed by atoms with E-state index in [1.54, 1.807) is 12.1 Å². The van der Waals surface area contributed by atoms with Crippen LogP contribution >= 0.6 is 15.9 Å². The van der Waals surface area contributed by atoms with Gasteiger partial charge in [0.2, 0.25) is 0 Å². The molecule has 0 amide bonds. The topological polar surface area (TPSA) is 64.4 Å². The van der Waals surface area contributed by atoms with Crippen molar-refractivity contribution in [2.24, 2.45) is 5.92 Å². The van der Waals surface area contributed by atoms with Crippen LogP contribution in [0.3, 0.4) is 0 Å². The number of benzene rings is 1. The average molecular weight is 315 g/mol. The van der Waals surface area contributed by atoms with Gasteiger partial charge in [0.1, 0.15) is 0 Å². The smallest absolute Gasteiger partial charge is 0.311 e. The van der Waals surface area contributed by atoms with E-state index in [4.69, 9.17) is 4.74 Å². The van der Waals surface area contributed by atoms with Crippen LogP contribution in [0.2, 0.25) is 0 Å². The number of halogens is 1. The van der Waals surface area contributed by atoms with Crippen LogP contribution in [-0.2, 0) is 0 Å². The average Bonchev–Trinajstić information content (AvgIpc) is 2.26. The molecule has 18 heavy (non-hydrogen) atoms. The number of nitrogens with one attached hydrogen (secondary N) is 1. The first-order valence-corrected chi connectivity index (χ1v) is 6.64. The quantitative estimate of drug-likeness (QED) is 0.670. The van der Waals surface area contributed by atoms with Gasteiger partial charge in [-0.15, -0.1) is 0 Å². The van der Waals surface area contributed by atoms with Gasteiger partial charge in [0.15, 0.2) is 5.75 Å². The Bertz CT molecular complexity index is 447. The third-order valence-corrected chi connectivity index (χ3v) is 3.59. The monoisotopic (exact) mass is 314 g/mol. The van der Waals surface area contributed by atoms with Crippen molar-refractivity contribution in [2.75, 3.05) is 13.6 Å². The molecule has 0 saturated heterocycles. The predicted molar refractivity (Wildman–Crippen MR) is 71.9 cm³/mol. The summed E-state index contributed by atoms with van der Waals surface area (Å²) in [6.07, 6.45) is 1.99. The van der Waals surface area contributed by atoms with Crippen molar-refractivity contribution >= 4 is 21.6 Å². The highest BCUT2D eigenvalue weighted by molar-refractivity contribution is 9.10. The van der Waals surface area contributed by atoms with Crippen LogP contribution in [0.25, 0.3) is 0 Å². The van der Waals surface area contributed by atoms with Gasteiger partial charge >= 0.3 is 5.69 Å². The summed E-state index contributed by atoms with van der Waals surface area (Å²) in [6.45, 7) is 0.973. The molecular formula is C12H15BrN2O3. The first kappa shape index (κ1) is 13.3. The number of rotatable bonds is 5. The van der Waals surface area contributed by atoms with Crippen molar-refractivity contribution in [3.8, 4) is 5.75 Å². The third kappa shape index (κ3) is 3.00. The molecule has 1 N–H and O–H groups in total. The Morgan fingerprint density at radius 3 is 2.89 bits per heavy atom. The van der Waals surface area contributed by atoms with E-state index in [9.17, 15) is 10.1 Å². The summed E-state index contributed by atoms with van der Waals surface area (Å²) in [7, 11) is 1.92. The normalized spacial score (nSPS) is 22.3. The fraction of sp³-hybridized carbons (Fsp3) is 0.500. The van der Waals surface area contributed by atoms with Gasteiger partial charge in [-0.25, -0.2) is 0 Å². The maximum Gasteiger partial charge on any atom is 0.311 e. The first-order chi connectivity index (χ1) is 8.60. The lowest BCUT2D eigenvalue weighted by Gasteiger charge is -2.35. The van der Waals surface area contributed by atoms with E-state index >= 15 is 0 Å². The van der Waals surface area contributed by atoms with Crippen molar-refractivity contribution in [1.82, 2.24) is 5.32 Å². The minimum Gasteiger partial charge on any atom is -0.483 e. The van der Waals surface area contributed by atoms with Crippen LogP contribution in [0.5, 0.6) is 5.75 Å². The molecule has 0 bridgehead atoms. The van der Waals surface area contributed by atoms with Gasteiger partial charge < -0.3 is 10.1 Å². The van der Waals surface area contributed by atoms with E-state index in [2.05, 4.69) is 21.2 Å². The predicted octanol–water partition coefficient (Wildman–Crippen LogP) is 2.73. The fourth-order valence-electron chi connectivity index (χ4n) is 2.14. The number of hydrogen-bond donors (Lipinski definition) is 1. The Morgan fingerprint density at radius 2 is 2.28 bits per heavy atom. The zero-order valence-corrected chi connectivity index (χ0v) is 11.6. The van der Waals surface area contributed by atoms with Gasteiger partial charge in [0.25, 0.3) is 0 Å². The van der Waals surface area contributed by atoms with Crippen LogP contribution in [0.4, 0.5) is 5.69 Å². The van der Waals surface area contributed by atoms with Crippen molar-refractivity contribution in [3.05, 3.63) is 32.8 Å². The Hall–Kier alpha value is -1.14. The van der Waals surface area contributed by atoms with E-state index < -0.39 is 4.92 Å². The second-order valence-corrected chi connectivity index (χ2v) is 5.42. The van der Waals surface area contributed by atoms with Gasteiger partial charge in [-0.3, -0.25) is 10.1 Å². The number of ether oxygens (including phenoxy) is 1. The minimum absolute atomic E-state index is 0.0234. The molecule has 1 aliphatic carbocycles. The summed E-state index contributed by atoms with van der Waals surface area (Å²) in [4.78, 5) is 10.5. The molecule has 0 unspecified atom stereocenters. The highest BCUT2D eigenvalue weighted by atomic mass is 79.9. The second-order valence-electron chi connectivity index (χ2n) is 4.50. The molecule has 1 aromatic rings.